The van der Waals surface area contributed by atoms with Gasteiger partial charge in [0, 0.05) is 24.6 Å². The van der Waals surface area contributed by atoms with E-state index < -0.39 is 0 Å². The van der Waals surface area contributed by atoms with E-state index in [0.717, 1.165) is 5.76 Å². The zero-order valence-corrected chi connectivity index (χ0v) is 10.9. The minimum atomic E-state index is -0.0573. The highest BCUT2D eigenvalue weighted by atomic mass is 16.6. The van der Waals surface area contributed by atoms with E-state index in [4.69, 9.17) is 13.9 Å². The summed E-state index contributed by atoms with van der Waals surface area (Å²) in [7, 11) is 0. The van der Waals surface area contributed by atoms with Crippen molar-refractivity contribution in [3.63, 3.8) is 0 Å². The predicted octanol–water partition coefficient (Wildman–Crippen LogP) is 2.62. The molecule has 5 nitrogen and oxygen atoms in total. The summed E-state index contributed by atoms with van der Waals surface area (Å²) in [5.41, 5.74) is 0.707. The van der Waals surface area contributed by atoms with Gasteiger partial charge in [0.2, 0.25) is 5.91 Å². The molecule has 0 spiro atoms. The largest absolute Gasteiger partial charge is 0.486 e. The van der Waals surface area contributed by atoms with Crippen LogP contribution in [-0.4, -0.2) is 19.1 Å². The second-order valence-electron chi connectivity index (χ2n) is 4.49. The van der Waals surface area contributed by atoms with Crippen LogP contribution in [0.1, 0.15) is 12.2 Å². The van der Waals surface area contributed by atoms with Crippen LogP contribution in [0.3, 0.4) is 0 Å². The van der Waals surface area contributed by atoms with Crippen molar-refractivity contribution < 1.29 is 18.7 Å². The normalized spacial score (nSPS) is 13.0. The molecule has 0 radical (unpaired) electrons. The van der Waals surface area contributed by atoms with E-state index in [1.807, 2.05) is 12.1 Å². The van der Waals surface area contributed by atoms with Gasteiger partial charge in [0.05, 0.1) is 6.26 Å². The highest BCUT2D eigenvalue weighted by molar-refractivity contribution is 5.91. The quantitative estimate of drug-likeness (QED) is 0.930. The number of rotatable bonds is 4. The van der Waals surface area contributed by atoms with Crippen LogP contribution in [0, 0.1) is 0 Å². The van der Waals surface area contributed by atoms with Crippen LogP contribution in [0.5, 0.6) is 11.5 Å². The summed E-state index contributed by atoms with van der Waals surface area (Å²) >= 11 is 0. The molecule has 1 aromatic heterocycles. The van der Waals surface area contributed by atoms with Crippen molar-refractivity contribution in [2.45, 2.75) is 12.8 Å². The van der Waals surface area contributed by atoms with Crippen molar-refractivity contribution in [3.05, 3.63) is 42.4 Å². The molecule has 0 aliphatic carbocycles. The van der Waals surface area contributed by atoms with Gasteiger partial charge < -0.3 is 19.2 Å². The van der Waals surface area contributed by atoms with E-state index in [1.165, 1.54) is 0 Å². The fraction of sp³-hybridized carbons (Fsp3) is 0.267. The van der Waals surface area contributed by atoms with E-state index in [0.29, 0.717) is 43.2 Å². The lowest BCUT2D eigenvalue weighted by Gasteiger charge is -2.18. The van der Waals surface area contributed by atoms with Gasteiger partial charge in [-0.15, -0.1) is 0 Å². The zero-order chi connectivity index (χ0) is 13.8. The molecule has 2 heterocycles. The number of anilines is 1. The van der Waals surface area contributed by atoms with Crippen molar-refractivity contribution in [2.24, 2.45) is 0 Å². The number of furan rings is 1. The van der Waals surface area contributed by atoms with Gasteiger partial charge in [0.25, 0.3) is 0 Å². The first kappa shape index (κ1) is 12.6. The molecule has 0 saturated heterocycles. The van der Waals surface area contributed by atoms with Crippen LogP contribution in [0.25, 0.3) is 0 Å². The summed E-state index contributed by atoms with van der Waals surface area (Å²) < 4.78 is 16.1. The number of hydrogen-bond donors (Lipinski definition) is 1. The second-order valence-corrected chi connectivity index (χ2v) is 4.49. The number of ether oxygens (including phenoxy) is 2. The number of aryl methyl sites for hydroxylation is 1. The molecule has 0 fully saturated rings. The lowest BCUT2D eigenvalue weighted by Crippen LogP contribution is -2.16. The van der Waals surface area contributed by atoms with Crippen LogP contribution in [0.15, 0.2) is 41.0 Å². The van der Waals surface area contributed by atoms with E-state index in [-0.39, 0.29) is 5.91 Å². The molecule has 1 aliphatic heterocycles. The van der Waals surface area contributed by atoms with E-state index in [2.05, 4.69) is 5.32 Å². The van der Waals surface area contributed by atoms with Crippen LogP contribution < -0.4 is 14.8 Å². The average Bonchev–Trinajstić information content (AvgIpc) is 2.98. The Balaban J connectivity index is 1.58. The third-order valence-electron chi connectivity index (χ3n) is 3.00. The van der Waals surface area contributed by atoms with Crippen molar-refractivity contribution in [1.29, 1.82) is 0 Å². The first-order chi connectivity index (χ1) is 9.81. The average molecular weight is 273 g/mol. The molecule has 3 rings (SSSR count). The molecule has 0 atom stereocenters. The number of carbonyl (C=O) groups is 1. The monoisotopic (exact) mass is 273 g/mol. The number of benzene rings is 1. The van der Waals surface area contributed by atoms with E-state index in [1.54, 1.807) is 24.5 Å². The fourth-order valence-corrected chi connectivity index (χ4v) is 2.04. The summed E-state index contributed by atoms with van der Waals surface area (Å²) in [6, 6.07) is 9.06. The minimum Gasteiger partial charge on any atom is -0.486 e. The number of nitrogens with one attached hydrogen (secondary N) is 1. The van der Waals surface area contributed by atoms with Crippen molar-refractivity contribution in [2.75, 3.05) is 18.5 Å². The van der Waals surface area contributed by atoms with Crippen molar-refractivity contribution >= 4 is 11.6 Å². The summed E-state index contributed by atoms with van der Waals surface area (Å²) in [5.74, 6) is 2.13. The van der Waals surface area contributed by atoms with E-state index >= 15 is 0 Å². The smallest absolute Gasteiger partial charge is 0.224 e. The standard InChI is InChI=1S/C15H15NO4/c17-15(6-4-12-2-1-7-18-12)16-11-3-5-13-14(10-11)20-9-8-19-13/h1-3,5,7,10H,4,6,8-9H2,(H,16,17). The highest BCUT2D eigenvalue weighted by Gasteiger charge is 2.12. The molecular formula is C15H15NO4. The van der Waals surface area contributed by atoms with Gasteiger partial charge in [0.15, 0.2) is 11.5 Å². The molecule has 0 unspecified atom stereocenters. The fourth-order valence-electron chi connectivity index (χ4n) is 2.04. The zero-order valence-electron chi connectivity index (χ0n) is 10.9. The molecule has 1 amide bonds. The molecule has 2 aromatic rings. The molecule has 1 aromatic carbocycles. The van der Waals surface area contributed by atoms with Gasteiger partial charge in [-0.3, -0.25) is 4.79 Å². The minimum absolute atomic E-state index is 0.0573. The Morgan fingerprint density at radius 2 is 2.00 bits per heavy atom. The molecule has 0 saturated carbocycles. The summed E-state index contributed by atoms with van der Waals surface area (Å²) in [4.78, 5) is 11.9. The third kappa shape index (κ3) is 2.93. The summed E-state index contributed by atoms with van der Waals surface area (Å²) in [5, 5.41) is 2.84. The summed E-state index contributed by atoms with van der Waals surface area (Å²) in [6.07, 6.45) is 2.57. The van der Waals surface area contributed by atoms with Crippen LogP contribution in [0.2, 0.25) is 0 Å². The molecule has 5 heteroatoms. The van der Waals surface area contributed by atoms with E-state index in [9.17, 15) is 4.79 Å². The maximum absolute atomic E-state index is 11.9. The van der Waals surface area contributed by atoms with Crippen LogP contribution >= 0.6 is 0 Å². The lowest BCUT2D eigenvalue weighted by atomic mass is 10.2. The van der Waals surface area contributed by atoms with Gasteiger partial charge in [-0.05, 0) is 24.3 Å². The SMILES string of the molecule is O=C(CCc1ccco1)Nc1ccc2c(c1)OCCO2. The van der Waals surface area contributed by atoms with Gasteiger partial charge >= 0.3 is 0 Å². The van der Waals surface area contributed by atoms with Crippen LogP contribution in [0.4, 0.5) is 5.69 Å². The summed E-state index contributed by atoms with van der Waals surface area (Å²) in [6.45, 7) is 1.09. The number of fused-ring (bicyclic) bond motifs is 1. The number of amides is 1. The van der Waals surface area contributed by atoms with Crippen LogP contribution in [-0.2, 0) is 11.2 Å². The Labute approximate surface area is 116 Å². The Bertz CT molecular complexity index is 592. The van der Waals surface area contributed by atoms with Gasteiger partial charge in [-0.2, -0.15) is 0 Å². The first-order valence-electron chi connectivity index (χ1n) is 6.53. The highest BCUT2D eigenvalue weighted by Crippen LogP contribution is 2.32. The molecule has 0 bridgehead atoms. The Kier molecular flexibility index (Phi) is 3.58. The van der Waals surface area contributed by atoms with Crippen molar-refractivity contribution in [3.8, 4) is 11.5 Å². The topological polar surface area (TPSA) is 60.7 Å². The Morgan fingerprint density at radius 3 is 2.80 bits per heavy atom. The molecule has 20 heavy (non-hydrogen) atoms. The molecular weight excluding hydrogens is 258 g/mol. The molecule has 104 valence electrons. The molecule has 1 N–H and O–H groups in total. The first-order valence-corrected chi connectivity index (χ1v) is 6.53. The second kappa shape index (κ2) is 5.69. The van der Waals surface area contributed by atoms with Gasteiger partial charge in [0.1, 0.15) is 19.0 Å². The maximum atomic E-state index is 11.9. The number of hydrogen-bond acceptors (Lipinski definition) is 4. The number of carbonyl (C=O) groups excluding carboxylic acids is 1. The lowest BCUT2D eigenvalue weighted by molar-refractivity contribution is -0.116. The maximum Gasteiger partial charge on any atom is 0.224 e. The third-order valence-corrected chi connectivity index (χ3v) is 3.00. The van der Waals surface area contributed by atoms with Gasteiger partial charge in [-0.25, -0.2) is 0 Å². The predicted molar refractivity (Wildman–Crippen MR) is 73.1 cm³/mol. The Hall–Kier alpha value is -2.43. The molecule has 1 aliphatic rings. The van der Waals surface area contributed by atoms with Crippen molar-refractivity contribution in [1.82, 2.24) is 0 Å². The Morgan fingerprint density at radius 1 is 1.15 bits per heavy atom. The van der Waals surface area contributed by atoms with Gasteiger partial charge in [-0.1, -0.05) is 0 Å².